The van der Waals surface area contributed by atoms with E-state index in [-0.39, 0.29) is 11.2 Å². The van der Waals surface area contributed by atoms with Crippen LogP contribution in [0.4, 0.5) is 5.13 Å². The Bertz CT molecular complexity index is 1140. The SMILES string of the molecule is C[C@@H](Oc1ccccc1)c1nnc(NC(=O)C(=O)c2c[nH]c3ccccc23)s1. The third-order valence-electron chi connectivity index (χ3n) is 4.11. The van der Waals surface area contributed by atoms with Gasteiger partial charge in [0.1, 0.15) is 11.9 Å². The van der Waals surface area contributed by atoms with E-state index in [0.29, 0.717) is 21.7 Å². The van der Waals surface area contributed by atoms with Crippen LogP contribution in [0, 0.1) is 0 Å². The van der Waals surface area contributed by atoms with Crippen LogP contribution in [0.2, 0.25) is 0 Å². The van der Waals surface area contributed by atoms with Gasteiger partial charge in [-0.2, -0.15) is 0 Å². The molecule has 2 N–H and O–H groups in total. The van der Waals surface area contributed by atoms with Crippen LogP contribution in [0.15, 0.2) is 60.8 Å². The normalized spacial score (nSPS) is 11.9. The van der Waals surface area contributed by atoms with E-state index in [4.69, 9.17) is 4.74 Å². The second kappa shape index (κ2) is 7.61. The Hall–Kier alpha value is -3.52. The number of H-pyrrole nitrogens is 1. The Labute approximate surface area is 164 Å². The van der Waals surface area contributed by atoms with Crippen molar-refractivity contribution in [1.29, 1.82) is 0 Å². The second-order valence-electron chi connectivity index (χ2n) is 6.05. The summed E-state index contributed by atoms with van der Waals surface area (Å²) in [4.78, 5) is 27.9. The molecule has 2 aromatic carbocycles. The number of rotatable bonds is 6. The van der Waals surface area contributed by atoms with E-state index in [1.807, 2.05) is 55.5 Å². The number of anilines is 1. The van der Waals surface area contributed by atoms with Crippen LogP contribution in [0.5, 0.6) is 5.75 Å². The summed E-state index contributed by atoms with van der Waals surface area (Å²) in [5.41, 5.74) is 1.11. The molecule has 0 saturated carbocycles. The molecule has 0 unspecified atom stereocenters. The summed E-state index contributed by atoms with van der Waals surface area (Å²) in [6, 6.07) is 16.7. The summed E-state index contributed by atoms with van der Waals surface area (Å²) in [6.45, 7) is 1.84. The fraction of sp³-hybridized carbons (Fsp3) is 0.100. The third kappa shape index (κ3) is 3.63. The molecule has 0 spiro atoms. The average molecular weight is 392 g/mol. The van der Waals surface area contributed by atoms with E-state index in [9.17, 15) is 9.59 Å². The molecule has 140 valence electrons. The standard InChI is InChI=1S/C20H16N4O3S/c1-12(27-13-7-3-2-4-8-13)19-23-24-20(28-19)22-18(26)17(25)15-11-21-16-10-6-5-9-14(15)16/h2-12,21H,1H3,(H,22,24,26)/t12-/m1/s1. The van der Waals surface area contributed by atoms with Crippen molar-refractivity contribution in [3.05, 3.63) is 71.4 Å². The molecule has 2 heterocycles. The van der Waals surface area contributed by atoms with Gasteiger partial charge in [-0.3, -0.25) is 14.9 Å². The van der Waals surface area contributed by atoms with Crippen molar-refractivity contribution in [2.45, 2.75) is 13.0 Å². The highest BCUT2D eigenvalue weighted by molar-refractivity contribution is 7.15. The Morgan fingerprint density at radius 3 is 2.64 bits per heavy atom. The van der Waals surface area contributed by atoms with Crippen LogP contribution in [0.3, 0.4) is 0 Å². The van der Waals surface area contributed by atoms with Crippen molar-refractivity contribution >= 4 is 39.1 Å². The molecule has 0 saturated heterocycles. The minimum Gasteiger partial charge on any atom is -0.483 e. The molecule has 1 amide bonds. The van der Waals surface area contributed by atoms with Crippen molar-refractivity contribution in [2.75, 3.05) is 5.32 Å². The number of Topliss-reactive ketones (excluding diaryl/α,β-unsaturated/α-hetero) is 1. The minimum absolute atomic E-state index is 0.247. The van der Waals surface area contributed by atoms with E-state index in [0.717, 1.165) is 5.52 Å². The van der Waals surface area contributed by atoms with Crippen molar-refractivity contribution < 1.29 is 14.3 Å². The summed E-state index contributed by atoms with van der Waals surface area (Å²) in [5.74, 6) is -0.683. The quantitative estimate of drug-likeness (QED) is 0.382. The van der Waals surface area contributed by atoms with Gasteiger partial charge >= 0.3 is 0 Å². The van der Waals surface area contributed by atoms with Crippen LogP contribution < -0.4 is 10.1 Å². The van der Waals surface area contributed by atoms with E-state index >= 15 is 0 Å². The first-order valence-electron chi connectivity index (χ1n) is 8.58. The van der Waals surface area contributed by atoms with Gasteiger partial charge in [0.25, 0.3) is 11.7 Å². The van der Waals surface area contributed by atoms with Gasteiger partial charge in [-0.25, -0.2) is 0 Å². The van der Waals surface area contributed by atoms with E-state index in [2.05, 4.69) is 20.5 Å². The van der Waals surface area contributed by atoms with Gasteiger partial charge in [0, 0.05) is 17.1 Å². The van der Waals surface area contributed by atoms with Crippen molar-refractivity contribution in [1.82, 2.24) is 15.2 Å². The van der Waals surface area contributed by atoms with Gasteiger partial charge in [0.2, 0.25) is 5.13 Å². The third-order valence-corrected chi connectivity index (χ3v) is 5.10. The number of para-hydroxylation sites is 2. The molecular weight excluding hydrogens is 376 g/mol. The maximum absolute atomic E-state index is 12.5. The molecule has 7 nitrogen and oxygen atoms in total. The predicted octanol–water partition coefficient (Wildman–Crippen LogP) is 3.98. The number of benzene rings is 2. The number of fused-ring (bicyclic) bond motifs is 1. The van der Waals surface area contributed by atoms with Crippen LogP contribution in [0.25, 0.3) is 10.9 Å². The maximum atomic E-state index is 12.5. The summed E-state index contributed by atoms with van der Waals surface area (Å²) < 4.78 is 5.80. The molecule has 0 aliphatic rings. The molecule has 2 aromatic heterocycles. The lowest BCUT2D eigenvalue weighted by Gasteiger charge is -2.10. The van der Waals surface area contributed by atoms with Gasteiger partial charge in [-0.15, -0.1) is 10.2 Å². The van der Waals surface area contributed by atoms with Gasteiger partial charge in [-0.05, 0) is 25.1 Å². The number of aromatic nitrogens is 3. The first kappa shape index (κ1) is 17.9. The molecule has 4 aromatic rings. The number of hydrogen-bond acceptors (Lipinski definition) is 6. The van der Waals surface area contributed by atoms with Crippen LogP contribution >= 0.6 is 11.3 Å². The second-order valence-corrected chi connectivity index (χ2v) is 7.06. The first-order chi connectivity index (χ1) is 13.6. The highest BCUT2D eigenvalue weighted by Crippen LogP contribution is 2.26. The van der Waals surface area contributed by atoms with Crippen LogP contribution in [-0.4, -0.2) is 26.9 Å². The zero-order valence-electron chi connectivity index (χ0n) is 14.9. The Morgan fingerprint density at radius 1 is 1.07 bits per heavy atom. The van der Waals surface area contributed by atoms with Gasteiger partial charge in [0.15, 0.2) is 5.01 Å². The summed E-state index contributed by atoms with van der Waals surface area (Å²) >= 11 is 1.17. The van der Waals surface area contributed by atoms with E-state index in [1.165, 1.54) is 17.5 Å². The Morgan fingerprint density at radius 2 is 1.82 bits per heavy atom. The van der Waals surface area contributed by atoms with Crippen molar-refractivity contribution in [3.63, 3.8) is 0 Å². The summed E-state index contributed by atoms with van der Waals surface area (Å²) in [5, 5.41) is 12.1. The number of ketones is 1. The summed E-state index contributed by atoms with van der Waals surface area (Å²) in [7, 11) is 0. The molecule has 1 atom stereocenters. The smallest absolute Gasteiger partial charge is 0.298 e. The number of carbonyl (C=O) groups excluding carboxylic acids is 2. The molecule has 4 rings (SSSR count). The fourth-order valence-electron chi connectivity index (χ4n) is 2.74. The van der Waals surface area contributed by atoms with E-state index < -0.39 is 11.7 Å². The lowest BCUT2D eigenvalue weighted by Crippen LogP contribution is -2.22. The number of carbonyl (C=O) groups is 2. The average Bonchev–Trinajstić information content (AvgIpc) is 3.35. The fourth-order valence-corrected chi connectivity index (χ4v) is 3.46. The Balaban J connectivity index is 1.44. The maximum Gasteiger partial charge on any atom is 0.298 e. The lowest BCUT2D eigenvalue weighted by atomic mass is 10.1. The monoisotopic (exact) mass is 392 g/mol. The number of nitrogens with zero attached hydrogens (tertiary/aromatic N) is 2. The molecule has 0 aliphatic heterocycles. The number of aromatic amines is 1. The first-order valence-corrected chi connectivity index (χ1v) is 9.40. The lowest BCUT2D eigenvalue weighted by molar-refractivity contribution is -0.112. The molecule has 8 heteroatoms. The van der Waals surface area contributed by atoms with Crippen LogP contribution in [-0.2, 0) is 4.79 Å². The van der Waals surface area contributed by atoms with Gasteiger partial charge in [0.05, 0.1) is 5.56 Å². The van der Waals surface area contributed by atoms with Crippen molar-refractivity contribution in [3.8, 4) is 5.75 Å². The summed E-state index contributed by atoms with van der Waals surface area (Å²) in [6.07, 6.45) is 1.20. The zero-order chi connectivity index (χ0) is 19.5. The molecule has 0 fully saturated rings. The molecule has 28 heavy (non-hydrogen) atoms. The Kier molecular flexibility index (Phi) is 4.86. The molecular formula is C20H16N4O3S. The predicted molar refractivity (Wildman–Crippen MR) is 107 cm³/mol. The highest BCUT2D eigenvalue weighted by Gasteiger charge is 2.22. The minimum atomic E-state index is -0.760. The molecule has 0 bridgehead atoms. The number of amides is 1. The molecule has 0 aliphatic carbocycles. The molecule has 0 radical (unpaired) electrons. The van der Waals surface area contributed by atoms with E-state index in [1.54, 1.807) is 6.07 Å². The largest absolute Gasteiger partial charge is 0.483 e. The van der Waals surface area contributed by atoms with Crippen molar-refractivity contribution in [2.24, 2.45) is 0 Å². The number of hydrogen-bond donors (Lipinski definition) is 2. The topological polar surface area (TPSA) is 97.0 Å². The van der Waals surface area contributed by atoms with Crippen LogP contribution in [0.1, 0.15) is 28.4 Å². The highest BCUT2D eigenvalue weighted by atomic mass is 32.1. The van der Waals surface area contributed by atoms with Gasteiger partial charge in [-0.1, -0.05) is 47.7 Å². The van der Waals surface area contributed by atoms with Gasteiger partial charge < -0.3 is 9.72 Å². The number of ether oxygens (including phenoxy) is 1. The zero-order valence-corrected chi connectivity index (χ0v) is 15.7. The number of nitrogens with one attached hydrogen (secondary N) is 2.